The summed E-state index contributed by atoms with van der Waals surface area (Å²) in [5.41, 5.74) is 6.86. The predicted octanol–water partition coefficient (Wildman–Crippen LogP) is 2.20. The Labute approximate surface area is 134 Å². The molecule has 5 nitrogen and oxygen atoms in total. The summed E-state index contributed by atoms with van der Waals surface area (Å²) in [6.07, 6.45) is 0. The molecule has 1 aliphatic heterocycles. The molecule has 3 rings (SSSR count). The average Bonchev–Trinajstić information content (AvgIpc) is 2.88. The molecule has 1 aliphatic rings. The molecule has 0 unspecified atom stereocenters. The van der Waals surface area contributed by atoms with Gasteiger partial charge in [0, 0.05) is 18.5 Å². The van der Waals surface area contributed by atoms with Gasteiger partial charge in [-0.15, -0.1) is 24.0 Å². The van der Waals surface area contributed by atoms with Crippen LogP contribution in [0, 0.1) is 0 Å². The minimum Gasteiger partial charge on any atom is -0.459 e. The lowest BCUT2D eigenvalue weighted by molar-refractivity contribution is 0.0674. The van der Waals surface area contributed by atoms with E-state index in [4.69, 9.17) is 14.9 Å². The number of aliphatic imine (C=N–C) groups is 1. The van der Waals surface area contributed by atoms with Crippen LogP contribution in [-0.4, -0.2) is 37.2 Å². The summed E-state index contributed by atoms with van der Waals surface area (Å²) in [6, 6.07) is 9.94. The molecule has 1 aromatic heterocycles. The van der Waals surface area contributed by atoms with E-state index < -0.39 is 0 Å². The second-order valence-corrected chi connectivity index (χ2v) is 4.52. The molecule has 6 heteroatoms. The fourth-order valence-electron chi connectivity index (χ4n) is 2.17. The number of nitrogens with zero attached hydrogens (tertiary/aromatic N) is 2. The number of ether oxygens (including phenoxy) is 1. The highest BCUT2D eigenvalue weighted by Crippen LogP contribution is 2.19. The van der Waals surface area contributed by atoms with Gasteiger partial charge in [-0.25, -0.2) is 4.99 Å². The van der Waals surface area contributed by atoms with Crippen molar-refractivity contribution < 1.29 is 9.15 Å². The Hall–Kier alpha value is -1.28. The number of benzene rings is 1. The number of furan rings is 1. The molecule has 108 valence electrons. The number of morpholine rings is 1. The Bertz CT molecular complexity index is 558. The first kappa shape index (κ1) is 15.1. The molecule has 0 amide bonds. The molecule has 0 radical (unpaired) electrons. The van der Waals surface area contributed by atoms with E-state index in [0.29, 0.717) is 25.7 Å². The molecule has 1 fully saturated rings. The molecule has 1 saturated heterocycles. The van der Waals surface area contributed by atoms with E-state index in [-0.39, 0.29) is 24.0 Å². The van der Waals surface area contributed by atoms with Crippen LogP contribution in [0.2, 0.25) is 0 Å². The Morgan fingerprint density at radius 2 is 2.00 bits per heavy atom. The average molecular weight is 387 g/mol. The molecular formula is C14H18IN3O2. The van der Waals surface area contributed by atoms with Crippen LogP contribution in [0.3, 0.4) is 0 Å². The molecule has 0 aliphatic carbocycles. The molecule has 2 aromatic rings. The number of para-hydroxylation sites is 1. The van der Waals surface area contributed by atoms with Crippen LogP contribution in [0.1, 0.15) is 5.76 Å². The predicted molar refractivity (Wildman–Crippen MR) is 89.3 cm³/mol. The first-order chi connectivity index (χ1) is 9.33. The zero-order chi connectivity index (χ0) is 13.1. The second-order valence-electron chi connectivity index (χ2n) is 4.52. The number of rotatable bonds is 2. The maximum absolute atomic E-state index is 5.97. The van der Waals surface area contributed by atoms with Crippen LogP contribution in [-0.2, 0) is 11.3 Å². The number of hydrogen-bond acceptors (Lipinski definition) is 3. The van der Waals surface area contributed by atoms with Crippen molar-refractivity contribution in [2.24, 2.45) is 10.7 Å². The van der Waals surface area contributed by atoms with Crippen LogP contribution in [0.25, 0.3) is 11.0 Å². The molecule has 0 bridgehead atoms. The number of halogens is 1. The molecule has 2 heterocycles. The molecular weight excluding hydrogens is 369 g/mol. The minimum absolute atomic E-state index is 0. The van der Waals surface area contributed by atoms with Crippen LogP contribution in [0.15, 0.2) is 39.7 Å². The number of guanidine groups is 1. The normalized spacial score (nSPS) is 16.2. The lowest BCUT2D eigenvalue weighted by atomic mass is 10.2. The lowest BCUT2D eigenvalue weighted by Gasteiger charge is -2.27. The summed E-state index contributed by atoms with van der Waals surface area (Å²) >= 11 is 0. The maximum Gasteiger partial charge on any atom is 0.191 e. The quantitative estimate of drug-likeness (QED) is 0.488. The topological polar surface area (TPSA) is 64.0 Å². The van der Waals surface area contributed by atoms with Gasteiger partial charge < -0.3 is 19.8 Å². The van der Waals surface area contributed by atoms with E-state index in [1.165, 1.54) is 0 Å². The van der Waals surface area contributed by atoms with Crippen molar-refractivity contribution in [3.8, 4) is 0 Å². The lowest BCUT2D eigenvalue weighted by Crippen LogP contribution is -2.44. The fraction of sp³-hybridized carbons (Fsp3) is 0.357. The van der Waals surface area contributed by atoms with Crippen molar-refractivity contribution in [3.63, 3.8) is 0 Å². The van der Waals surface area contributed by atoms with Gasteiger partial charge in [0.05, 0.1) is 13.2 Å². The first-order valence-corrected chi connectivity index (χ1v) is 6.43. The molecule has 0 saturated carbocycles. The summed E-state index contributed by atoms with van der Waals surface area (Å²) in [5.74, 6) is 1.39. The molecule has 0 spiro atoms. The van der Waals surface area contributed by atoms with E-state index >= 15 is 0 Å². The van der Waals surface area contributed by atoms with Crippen molar-refractivity contribution in [3.05, 3.63) is 36.1 Å². The van der Waals surface area contributed by atoms with E-state index in [1.54, 1.807) is 0 Å². The van der Waals surface area contributed by atoms with E-state index in [1.807, 2.05) is 35.2 Å². The Balaban J connectivity index is 0.00000147. The minimum atomic E-state index is 0. The largest absolute Gasteiger partial charge is 0.459 e. The fourth-order valence-corrected chi connectivity index (χ4v) is 2.17. The monoisotopic (exact) mass is 387 g/mol. The van der Waals surface area contributed by atoms with Crippen LogP contribution < -0.4 is 5.73 Å². The van der Waals surface area contributed by atoms with Crippen molar-refractivity contribution in [1.29, 1.82) is 0 Å². The third-order valence-corrected chi connectivity index (χ3v) is 3.21. The summed E-state index contributed by atoms with van der Waals surface area (Å²) in [7, 11) is 0. The molecule has 0 atom stereocenters. The molecule has 1 aromatic carbocycles. The first-order valence-electron chi connectivity index (χ1n) is 6.43. The van der Waals surface area contributed by atoms with Gasteiger partial charge in [0.25, 0.3) is 0 Å². The van der Waals surface area contributed by atoms with Crippen LogP contribution in [0.4, 0.5) is 0 Å². The SMILES string of the molecule is I.NC(=NCc1cc2ccccc2o1)N1CCOCC1. The maximum atomic E-state index is 5.97. The van der Waals surface area contributed by atoms with Gasteiger partial charge in [0.15, 0.2) is 5.96 Å². The van der Waals surface area contributed by atoms with Crippen molar-refractivity contribution in [1.82, 2.24) is 4.90 Å². The van der Waals surface area contributed by atoms with Gasteiger partial charge in [-0.3, -0.25) is 0 Å². The van der Waals surface area contributed by atoms with Gasteiger partial charge in [-0.1, -0.05) is 18.2 Å². The highest BCUT2D eigenvalue weighted by Gasteiger charge is 2.12. The number of fused-ring (bicyclic) bond motifs is 1. The number of hydrogen-bond donors (Lipinski definition) is 1. The zero-order valence-corrected chi connectivity index (χ0v) is 13.4. The Morgan fingerprint density at radius 1 is 1.25 bits per heavy atom. The van der Waals surface area contributed by atoms with E-state index in [2.05, 4.69) is 4.99 Å². The van der Waals surface area contributed by atoms with Gasteiger partial charge >= 0.3 is 0 Å². The molecule has 20 heavy (non-hydrogen) atoms. The van der Waals surface area contributed by atoms with E-state index in [0.717, 1.165) is 29.8 Å². The summed E-state index contributed by atoms with van der Waals surface area (Å²) < 4.78 is 11.0. The van der Waals surface area contributed by atoms with Gasteiger partial charge in [-0.05, 0) is 12.1 Å². The summed E-state index contributed by atoms with van der Waals surface area (Å²) in [6.45, 7) is 3.49. The van der Waals surface area contributed by atoms with Crippen molar-refractivity contribution in [2.45, 2.75) is 6.54 Å². The Morgan fingerprint density at radius 3 is 2.75 bits per heavy atom. The van der Waals surface area contributed by atoms with Crippen LogP contribution in [0.5, 0.6) is 0 Å². The Kier molecular flexibility index (Phi) is 5.24. The highest BCUT2D eigenvalue weighted by molar-refractivity contribution is 14.0. The summed E-state index contributed by atoms with van der Waals surface area (Å²) in [4.78, 5) is 6.42. The standard InChI is InChI=1S/C14H17N3O2.HI/c15-14(17-5-7-18-8-6-17)16-10-12-9-11-3-1-2-4-13(11)19-12;/h1-4,9H,5-8,10H2,(H2,15,16);1H. The van der Waals surface area contributed by atoms with Gasteiger partial charge in [0.1, 0.15) is 17.9 Å². The third-order valence-electron chi connectivity index (χ3n) is 3.21. The van der Waals surface area contributed by atoms with Gasteiger partial charge in [0.2, 0.25) is 0 Å². The van der Waals surface area contributed by atoms with Crippen molar-refractivity contribution >= 4 is 40.9 Å². The molecule has 2 N–H and O–H groups in total. The van der Waals surface area contributed by atoms with Crippen LogP contribution >= 0.6 is 24.0 Å². The number of nitrogens with two attached hydrogens (primary N) is 1. The highest BCUT2D eigenvalue weighted by atomic mass is 127. The summed E-state index contributed by atoms with van der Waals surface area (Å²) in [5, 5.41) is 1.10. The smallest absolute Gasteiger partial charge is 0.191 e. The van der Waals surface area contributed by atoms with E-state index in [9.17, 15) is 0 Å². The zero-order valence-electron chi connectivity index (χ0n) is 11.1. The van der Waals surface area contributed by atoms with Crippen molar-refractivity contribution in [2.75, 3.05) is 26.3 Å². The second kappa shape index (κ2) is 6.94. The third kappa shape index (κ3) is 3.43. The van der Waals surface area contributed by atoms with Gasteiger partial charge in [-0.2, -0.15) is 0 Å².